The second-order valence-corrected chi connectivity index (χ2v) is 4.94. The molecule has 7 heteroatoms. The molecule has 0 heterocycles. The number of benzene rings is 1. The second-order valence-electron chi connectivity index (χ2n) is 4.94. The summed E-state index contributed by atoms with van der Waals surface area (Å²) in [6.07, 6.45) is 0.972. The van der Waals surface area contributed by atoms with E-state index in [0.717, 1.165) is 0 Å². The second kappa shape index (κ2) is 6.33. The van der Waals surface area contributed by atoms with E-state index < -0.39 is 16.4 Å². The molecule has 0 bridgehead atoms. The van der Waals surface area contributed by atoms with Crippen molar-refractivity contribution in [3.8, 4) is 5.75 Å². The summed E-state index contributed by atoms with van der Waals surface area (Å²) in [5, 5.41) is 10.7. The molecule has 1 rings (SSSR count). The van der Waals surface area contributed by atoms with Gasteiger partial charge >= 0.3 is 0 Å². The van der Waals surface area contributed by atoms with Gasteiger partial charge in [-0.05, 0) is 38.8 Å². The largest absolute Gasteiger partial charge is 0.494 e. The van der Waals surface area contributed by atoms with Crippen LogP contribution >= 0.6 is 0 Å². The summed E-state index contributed by atoms with van der Waals surface area (Å²) in [6.45, 7) is 3.58. The number of nitrogens with zero attached hydrogens (tertiary/aromatic N) is 1. The molecule has 0 fully saturated rings. The number of ether oxygens (including phenoxy) is 1. The summed E-state index contributed by atoms with van der Waals surface area (Å²) < 4.78 is 5.47. The fraction of sp³-hybridized carbons (Fsp3) is 0.462. The van der Waals surface area contributed by atoms with Gasteiger partial charge in [-0.1, -0.05) is 0 Å². The lowest BCUT2D eigenvalue weighted by molar-refractivity contribution is -0.385. The molecule has 0 radical (unpaired) electrons. The zero-order chi connectivity index (χ0) is 15.3. The molecule has 7 nitrogen and oxygen atoms in total. The Bertz CT molecular complexity index is 514. The first-order valence-corrected chi connectivity index (χ1v) is 6.20. The third kappa shape index (κ3) is 4.20. The lowest BCUT2D eigenvalue weighted by Crippen LogP contribution is -2.49. The monoisotopic (exact) mass is 281 g/mol. The molecule has 20 heavy (non-hydrogen) atoms. The van der Waals surface area contributed by atoms with Crippen LogP contribution in [0.4, 0.5) is 5.69 Å². The number of amides is 1. The van der Waals surface area contributed by atoms with E-state index in [-0.39, 0.29) is 5.69 Å². The van der Waals surface area contributed by atoms with Crippen LogP contribution in [-0.2, 0) is 4.79 Å². The fourth-order valence-corrected chi connectivity index (χ4v) is 1.68. The van der Waals surface area contributed by atoms with Crippen LogP contribution in [0.5, 0.6) is 5.75 Å². The van der Waals surface area contributed by atoms with Crippen LogP contribution in [-0.4, -0.2) is 23.0 Å². The quantitative estimate of drug-likeness (QED) is 0.442. The van der Waals surface area contributed by atoms with Crippen LogP contribution < -0.4 is 16.2 Å². The molecular weight excluding hydrogens is 262 g/mol. The minimum atomic E-state index is -1.05. The number of carbonyl (C=O) groups excluding carboxylic acids is 1. The summed E-state index contributed by atoms with van der Waals surface area (Å²) in [6, 6.07) is 4.55. The van der Waals surface area contributed by atoms with Gasteiger partial charge in [-0.15, -0.1) is 0 Å². The smallest absolute Gasteiger partial charge is 0.272 e. The molecule has 0 saturated heterocycles. The molecular formula is C13H19N3O4. The normalized spacial score (nSPS) is 13.6. The number of hydrogen-bond donors (Lipinski definition) is 2. The van der Waals surface area contributed by atoms with E-state index in [9.17, 15) is 14.9 Å². The van der Waals surface area contributed by atoms with E-state index >= 15 is 0 Å². The first-order valence-electron chi connectivity index (χ1n) is 6.20. The van der Waals surface area contributed by atoms with Crippen LogP contribution in [0.1, 0.15) is 25.3 Å². The summed E-state index contributed by atoms with van der Waals surface area (Å²) in [4.78, 5) is 21.3. The fourth-order valence-electron chi connectivity index (χ4n) is 1.68. The van der Waals surface area contributed by atoms with Crippen molar-refractivity contribution in [1.29, 1.82) is 0 Å². The minimum Gasteiger partial charge on any atom is -0.494 e. The maximum atomic E-state index is 11.0. The molecule has 1 aromatic rings. The zero-order valence-corrected chi connectivity index (χ0v) is 11.6. The van der Waals surface area contributed by atoms with Crippen molar-refractivity contribution >= 4 is 11.6 Å². The topological polar surface area (TPSA) is 121 Å². The maximum absolute atomic E-state index is 11.0. The third-order valence-corrected chi connectivity index (χ3v) is 3.04. The lowest BCUT2D eigenvalue weighted by Gasteiger charge is -2.20. The van der Waals surface area contributed by atoms with Crippen molar-refractivity contribution in [2.24, 2.45) is 11.5 Å². The molecule has 1 amide bonds. The van der Waals surface area contributed by atoms with E-state index in [1.54, 1.807) is 26.0 Å². The van der Waals surface area contributed by atoms with Crippen LogP contribution in [0.15, 0.2) is 18.2 Å². The minimum absolute atomic E-state index is 0.0561. The summed E-state index contributed by atoms with van der Waals surface area (Å²) >= 11 is 0. The number of nitrogens with two attached hydrogens (primary N) is 2. The number of aryl methyl sites for hydroxylation is 1. The Morgan fingerprint density at radius 2 is 2.15 bits per heavy atom. The van der Waals surface area contributed by atoms with E-state index in [1.807, 2.05) is 0 Å². The molecule has 4 N–H and O–H groups in total. The van der Waals surface area contributed by atoms with Gasteiger partial charge in [0.25, 0.3) is 5.69 Å². The Labute approximate surface area is 117 Å². The molecule has 1 aromatic carbocycles. The molecule has 0 aliphatic heterocycles. The molecule has 0 aliphatic carbocycles. The highest BCUT2D eigenvalue weighted by molar-refractivity contribution is 5.83. The molecule has 0 aromatic heterocycles. The third-order valence-electron chi connectivity index (χ3n) is 3.04. The van der Waals surface area contributed by atoms with Gasteiger partial charge in [0.05, 0.1) is 17.1 Å². The van der Waals surface area contributed by atoms with E-state index in [2.05, 4.69) is 0 Å². The first kappa shape index (κ1) is 15.9. The summed E-state index contributed by atoms with van der Waals surface area (Å²) in [5.41, 5.74) is 10.4. The number of rotatable bonds is 7. The SMILES string of the molecule is Cc1cc(OCCCC(C)(N)C(N)=O)ccc1[N+](=O)[O-]. The van der Waals surface area contributed by atoms with E-state index in [1.165, 1.54) is 6.07 Å². The van der Waals surface area contributed by atoms with E-state index in [0.29, 0.717) is 30.8 Å². The molecule has 0 spiro atoms. The van der Waals surface area contributed by atoms with Crippen LogP contribution in [0.3, 0.4) is 0 Å². The van der Waals surface area contributed by atoms with Crippen molar-refractivity contribution in [2.45, 2.75) is 32.2 Å². The van der Waals surface area contributed by atoms with Crippen molar-refractivity contribution in [3.63, 3.8) is 0 Å². The standard InChI is InChI=1S/C13H19N3O4/c1-9-8-10(4-5-11(9)16(18)19)20-7-3-6-13(2,15)12(14)17/h4-5,8H,3,6-7,15H2,1-2H3,(H2,14,17). The molecule has 0 saturated carbocycles. The highest BCUT2D eigenvalue weighted by Crippen LogP contribution is 2.23. The predicted molar refractivity (Wildman–Crippen MR) is 74.3 cm³/mol. The van der Waals surface area contributed by atoms with Crippen molar-refractivity contribution in [2.75, 3.05) is 6.61 Å². The van der Waals surface area contributed by atoms with Crippen LogP contribution in [0.2, 0.25) is 0 Å². The number of hydrogen-bond acceptors (Lipinski definition) is 5. The van der Waals surface area contributed by atoms with Gasteiger partial charge in [-0.25, -0.2) is 0 Å². The average Bonchev–Trinajstić information content (AvgIpc) is 2.34. The molecule has 1 unspecified atom stereocenters. The van der Waals surface area contributed by atoms with Gasteiger partial charge in [0.1, 0.15) is 5.75 Å². The average molecular weight is 281 g/mol. The van der Waals surface area contributed by atoms with Gasteiger partial charge in [-0.3, -0.25) is 14.9 Å². The summed E-state index contributed by atoms with van der Waals surface area (Å²) in [5.74, 6) is -0.00502. The Kier molecular flexibility index (Phi) is 5.04. The highest BCUT2D eigenvalue weighted by atomic mass is 16.6. The Morgan fingerprint density at radius 1 is 1.50 bits per heavy atom. The van der Waals surface area contributed by atoms with Crippen molar-refractivity contribution in [3.05, 3.63) is 33.9 Å². The van der Waals surface area contributed by atoms with Crippen molar-refractivity contribution in [1.82, 2.24) is 0 Å². The summed E-state index contributed by atoms with van der Waals surface area (Å²) in [7, 11) is 0. The first-order chi connectivity index (χ1) is 9.24. The van der Waals surface area contributed by atoms with Crippen LogP contribution in [0.25, 0.3) is 0 Å². The molecule has 0 aliphatic rings. The van der Waals surface area contributed by atoms with Gasteiger partial charge < -0.3 is 16.2 Å². The molecule has 110 valence electrons. The maximum Gasteiger partial charge on any atom is 0.272 e. The van der Waals surface area contributed by atoms with Gasteiger partial charge in [0.15, 0.2) is 0 Å². The number of nitro benzene ring substituents is 1. The van der Waals surface area contributed by atoms with Gasteiger partial charge in [0.2, 0.25) is 5.91 Å². The molecule has 1 atom stereocenters. The van der Waals surface area contributed by atoms with Gasteiger partial charge in [-0.2, -0.15) is 0 Å². The Balaban J connectivity index is 2.49. The van der Waals surface area contributed by atoms with Gasteiger partial charge in [0, 0.05) is 11.6 Å². The van der Waals surface area contributed by atoms with E-state index in [4.69, 9.17) is 16.2 Å². The van der Waals surface area contributed by atoms with Crippen molar-refractivity contribution < 1.29 is 14.5 Å². The van der Waals surface area contributed by atoms with Crippen LogP contribution in [0, 0.1) is 17.0 Å². The number of nitro groups is 1. The Hall–Kier alpha value is -2.15. The lowest BCUT2D eigenvalue weighted by atomic mass is 9.97. The Morgan fingerprint density at radius 3 is 2.65 bits per heavy atom. The predicted octanol–water partition coefficient (Wildman–Crippen LogP) is 1.26. The number of primary amides is 1. The zero-order valence-electron chi connectivity index (χ0n) is 11.6. The highest BCUT2D eigenvalue weighted by Gasteiger charge is 2.24. The number of carbonyl (C=O) groups is 1.